The average Bonchev–Trinajstić information content (AvgIpc) is 3.17. The van der Waals surface area contributed by atoms with Crippen molar-refractivity contribution in [2.45, 2.75) is 0 Å². The second-order valence-corrected chi connectivity index (χ2v) is 5.86. The number of hydrogen-bond acceptors (Lipinski definition) is 3. The van der Waals surface area contributed by atoms with Crippen LogP contribution in [-0.2, 0) is 0 Å². The molecule has 5 nitrogen and oxygen atoms in total. The predicted octanol–water partition coefficient (Wildman–Crippen LogP) is 4.33. The summed E-state index contributed by atoms with van der Waals surface area (Å²) in [6.07, 6.45) is 3.41. The van der Waals surface area contributed by atoms with Crippen LogP contribution in [0.3, 0.4) is 0 Å². The number of amides is 1. The molecule has 2 aromatic carbocycles. The summed E-state index contributed by atoms with van der Waals surface area (Å²) in [7, 11) is 0. The van der Waals surface area contributed by atoms with E-state index < -0.39 is 0 Å². The van der Waals surface area contributed by atoms with Gasteiger partial charge in [-0.05, 0) is 54.6 Å². The van der Waals surface area contributed by atoms with E-state index in [0.717, 1.165) is 16.9 Å². The van der Waals surface area contributed by atoms with Crippen LogP contribution in [0.4, 0.5) is 10.1 Å². The highest BCUT2D eigenvalue weighted by atomic mass is 19.1. The molecule has 1 N–H and O–H groups in total. The fraction of sp³-hybridized carbons (Fsp3) is 0. The molecule has 4 aromatic rings. The number of carbonyl (C=O) groups is 1. The molecule has 0 aliphatic rings. The van der Waals surface area contributed by atoms with Crippen LogP contribution in [0.2, 0.25) is 0 Å². The molecular formula is C21H15FN4O. The fourth-order valence-corrected chi connectivity index (χ4v) is 2.71. The SMILES string of the molecule is O=C(Nc1ccc(F)cc1)c1cc(-c2cccnc2)n(-c2ccccc2)n1. The number of pyridine rings is 1. The van der Waals surface area contributed by atoms with Crippen molar-refractivity contribution in [1.29, 1.82) is 0 Å². The van der Waals surface area contributed by atoms with Crippen molar-refractivity contribution in [3.05, 3.63) is 96.7 Å². The van der Waals surface area contributed by atoms with Crippen molar-refractivity contribution in [3.8, 4) is 16.9 Å². The third-order valence-electron chi connectivity index (χ3n) is 4.00. The van der Waals surface area contributed by atoms with Crippen molar-refractivity contribution in [2.24, 2.45) is 0 Å². The lowest BCUT2D eigenvalue weighted by Gasteiger charge is -2.06. The Balaban J connectivity index is 1.72. The van der Waals surface area contributed by atoms with Crippen LogP contribution in [-0.4, -0.2) is 20.7 Å². The summed E-state index contributed by atoms with van der Waals surface area (Å²) in [6, 6.07) is 20.6. The van der Waals surface area contributed by atoms with Crippen molar-refractivity contribution in [3.63, 3.8) is 0 Å². The molecule has 0 saturated carbocycles. The first kappa shape index (κ1) is 16.7. The van der Waals surface area contributed by atoms with Gasteiger partial charge in [-0.3, -0.25) is 9.78 Å². The van der Waals surface area contributed by atoms with Crippen LogP contribution in [0, 0.1) is 5.82 Å². The van der Waals surface area contributed by atoms with E-state index >= 15 is 0 Å². The molecule has 0 radical (unpaired) electrons. The molecule has 0 fully saturated rings. The van der Waals surface area contributed by atoms with Gasteiger partial charge in [-0.2, -0.15) is 5.10 Å². The minimum absolute atomic E-state index is 0.252. The molecule has 2 heterocycles. The van der Waals surface area contributed by atoms with E-state index in [2.05, 4.69) is 15.4 Å². The van der Waals surface area contributed by atoms with Gasteiger partial charge in [0.1, 0.15) is 5.82 Å². The summed E-state index contributed by atoms with van der Waals surface area (Å²) in [5, 5.41) is 7.21. The van der Waals surface area contributed by atoms with Gasteiger partial charge in [0.05, 0.1) is 11.4 Å². The molecule has 0 saturated heterocycles. The Morgan fingerprint density at radius 1 is 0.963 bits per heavy atom. The quantitative estimate of drug-likeness (QED) is 0.591. The highest BCUT2D eigenvalue weighted by Gasteiger charge is 2.17. The first-order valence-electron chi connectivity index (χ1n) is 8.33. The Morgan fingerprint density at radius 3 is 2.44 bits per heavy atom. The fourth-order valence-electron chi connectivity index (χ4n) is 2.71. The zero-order valence-electron chi connectivity index (χ0n) is 14.2. The molecule has 2 aromatic heterocycles. The molecule has 0 aliphatic carbocycles. The summed E-state index contributed by atoms with van der Waals surface area (Å²) < 4.78 is 14.7. The number of para-hydroxylation sites is 1. The molecule has 1 amide bonds. The van der Waals surface area contributed by atoms with Gasteiger partial charge >= 0.3 is 0 Å². The molecule has 132 valence electrons. The zero-order chi connectivity index (χ0) is 18.6. The topological polar surface area (TPSA) is 59.8 Å². The van der Waals surface area contributed by atoms with Crippen LogP contribution in [0.5, 0.6) is 0 Å². The van der Waals surface area contributed by atoms with Gasteiger partial charge in [0.15, 0.2) is 5.69 Å². The molecule has 0 atom stereocenters. The van der Waals surface area contributed by atoms with Crippen LogP contribution in [0.25, 0.3) is 16.9 Å². The zero-order valence-corrected chi connectivity index (χ0v) is 14.2. The number of hydrogen-bond donors (Lipinski definition) is 1. The van der Waals surface area contributed by atoms with Gasteiger partial charge in [-0.25, -0.2) is 9.07 Å². The molecular weight excluding hydrogens is 343 g/mol. The lowest BCUT2D eigenvalue weighted by Crippen LogP contribution is -2.13. The number of halogens is 1. The van der Waals surface area contributed by atoms with Gasteiger partial charge in [-0.15, -0.1) is 0 Å². The summed E-state index contributed by atoms with van der Waals surface area (Å²) >= 11 is 0. The Morgan fingerprint density at radius 2 is 1.74 bits per heavy atom. The Bertz CT molecular complexity index is 1000. The first-order chi connectivity index (χ1) is 13.2. The number of nitrogens with zero attached hydrogens (tertiary/aromatic N) is 3. The van der Waals surface area contributed by atoms with E-state index in [0.29, 0.717) is 5.69 Å². The van der Waals surface area contributed by atoms with Crippen LogP contribution in [0.1, 0.15) is 10.5 Å². The molecule has 0 bridgehead atoms. The molecule has 6 heteroatoms. The molecule has 0 unspecified atom stereocenters. The number of anilines is 1. The number of aromatic nitrogens is 3. The summed E-state index contributed by atoms with van der Waals surface area (Å²) in [5.74, 6) is -0.735. The minimum Gasteiger partial charge on any atom is -0.321 e. The monoisotopic (exact) mass is 358 g/mol. The van der Waals surface area contributed by atoms with Crippen LogP contribution in [0.15, 0.2) is 85.2 Å². The van der Waals surface area contributed by atoms with Crippen molar-refractivity contribution >= 4 is 11.6 Å². The smallest absolute Gasteiger partial charge is 0.276 e. The van der Waals surface area contributed by atoms with Gasteiger partial charge < -0.3 is 5.32 Å². The third-order valence-corrected chi connectivity index (χ3v) is 4.00. The predicted molar refractivity (Wildman–Crippen MR) is 101 cm³/mol. The van der Waals surface area contributed by atoms with E-state index in [1.807, 2.05) is 42.5 Å². The largest absolute Gasteiger partial charge is 0.321 e. The Labute approximate surface area is 155 Å². The summed E-state index contributed by atoms with van der Waals surface area (Å²) in [5.41, 5.74) is 3.17. The van der Waals surface area contributed by atoms with Gasteiger partial charge in [0.25, 0.3) is 5.91 Å². The van der Waals surface area contributed by atoms with E-state index in [4.69, 9.17) is 0 Å². The summed E-state index contributed by atoms with van der Waals surface area (Å²) in [6.45, 7) is 0. The van der Waals surface area contributed by atoms with E-state index in [9.17, 15) is 9.18 Å². The first-order valence-corrected chi connectivity index (χ1v) is 8.33. The van der Waals surface area contributed by atoms with Gasteiger partial charge in [0.2, 0.25) is 0 Å². The number of nitrogens with one attached hydrogen (secondary N) is 1. The third kappa shape index (κ3) is 3.59. The second kappa shape index (κ2) is 7.21. The number of rotatable bonds is 4. The minimum atomic E-state index is -0.374. The normalized spacial score (nSPS) is 10.6. The Hall–Kier alpha value is -3.80. The second-order valence-electron chi connectivity index (χ2n) is 5.86. The van der Waals surface area contributed by atoms with Crippen LogP contribution >= 0.6 is 0 Å². The van der Waals surface area contributed by atoms with Gasteiger partial charge in [0, 0.05) is 23.6 Å². The Kier molecular flexibility index (Phi) is 4.45. The van der Waals surface area contributed by atoms with E-state index in [1.54, 1.807) is 23.1 Å². The molecule has 4 rings (SSSR count). The van der Waals surface area contributed by atoms with Crippen molar-refractivity contribution in [1.82, 2.24) is 14.8 Å². The highest BCUT2D eigenvalue weighted by Crippen LogP contribution is 2.24. The molecule has 27 heavy (non-hydrogen) atoms. The van der Waals surface area contributed by atoms with E-state index in [-0.39, 0.29) is 17.4 Å². The molecule has 0 spiro atoms. The average molecular weight is 358 g/mol. The summed E-state index contributed by atoms with van der Waals surface area (Å²) in [4.78, 5) is 16.8. The van der Waals surface area contributed by atoms with E-state index in [1.165, 1.54) is 24.3 Å². The molecule has 0 aliphatic heterocycles. The maximum absolute atomic E-state index is 13.0. The highest BCUT2D eigenvalue weighted by molar-refractivity contribution is 6.03. The maximum Gasteiger partial charge on any atom is 0.276 e. The lowest BCUT2D eigenvalue weighted by molar-refractivity contribution is 0.102. The number of benzene rings is 2. The van der Waals surface area contributed by atoms with Gasteiger partial charge in [-0.1, -0.05) is 18.2 Å². The maximum atomic E-state index is 13.0. The lowest BCUT2D eigenvalue weighted by atomic mass is 10.2. The van der Waals surface area contributed by atoms with Crippen LogP contribution < -0.4 is 5.32 Å². The standard InChI is InChI=1S/C21H15FN4O/c22-16-8-10-17(11-9-16)24-21(27)19-13-20(15-5-4-12-23-14-15)26(25-19)18-6-2-1-3-7-18/h1-14H,(H,24,27). The number of carbonyl (C=O) groups excluding carboxylic acids is 1. The van der Waals surface area contributed by atoms with Crippen molar-refractivity contribution < 1.29 is 9.18 Å². The van der Waals surface area contributed by atoms with Crippen molar-refractivity contribution in [2.75, 3.05) is 5.32 Å².